The number of benzene rings is 1. The van der Waals surface area contributed by atoms with Gasteiger partial charge in [0.25, 0.3) is 0 Å². The van der Waals surface area contributed by atoms with E-state index in [2.05, 4.69) is 5.32 Å². The van der Waals surface area contributed by atoms with Crippen molar-refractivity contribution in [3.05, 3.63) is 27.2 Å². The van der Waals surface area contributed by atoms with Crippen LogP contribution in [0, 0.1) is 0 Å². The second kappa shape index (κ2) is 5.63. The lowest BCUT2D eigenvalue weighted by Gasteiger charge is -2.35. The van der Waals surface area contributed by atoms with Gasteiger partial charge in [-0.25, -0.2) is 0 Å². The minimum atomic E-state index is -0.333. The van der Waals surface area contributed by atoms with Gasteiger partial charge in [0.05, 0.1) is 28.4 Å². The molecule has 1 aliphatic rings. The van der Waals surface area contributed by atoms with E-state index in [1.807, 2.05) is 4.90 Å². The first kappa shape index (κ1) is 13.9. The maximum absolute atomic E-state index is 11.7. The summed E-state index contributed by atoms with van der Waals surface area (Å²) in [6.45, 7) is 1.22. The fraction of sp³-hybridized carbons (Fsp3) is 0.364. The Kier molecular flexibility index (Phi) is 4.35. The molecule has 1 fully saturated rings. The number of aliphatic hydroxyl groups is 1. The summed E-state index contributed by atoms with van der Waals surface area (Å²) >= 11 is 17.7. The number of likely N-dealkylation sites (tertiary alicyclic amines) is 1. The number of hydrogen-bond acceptors (Lipinski definition) is 3. The molecule has 98 valence electrons. The second-order valence-electron chi connectivity index (χ2n) is 4.14. The molecule has 7 heteroatoms. The molecule has 2 N–H and O–H groups in total. The molecule has 18 heavy (non-hydrogen) atoms. The number of amides is 1. The van der Waals surface area contributed by atoms with E-state index in [0.717, 1.165) is 0 Å². The molecule has 1 saturated heterocycles. The molecule has 1 amide bonds. The molecule has 0 atom stereocenters. The van der Waals surface area contributed by atoms with Gasteiger partial charge in [0.15, 0.2) is 0 Å². The monoisotopic (exact) mass is 308 g/mol. The average Bonchev–Trinajstić information content (AvgIpc) is 2.21. The van der Waals surface area contributed by atoms with Crippen molar-refractivity contribution in [3.63, 3.8) is 0 Å². The highest BCUT2D eigenvalue weighted by molar-refractivity contribution is 6.42. The Morgan fingerprint density at radius 1 is 1.33 bits per heavy atom. The van der Waals surface area contributed by atoms with Gasteiger partial charge in [0, 0.05) is 18.1 Å². The van der Waals surface area contributed by atoms with Crippen LogP contribution in [0.2, 0.25) is 15.1 Å². The zero-order chi connectivity index (χ0) is 13.3. The largest absolute Gasteiger partial charge is 0.390 e. The van der Waals surface area contributed by atoms with Crippen molar-refractivity contribution in [2.75, 3.05) is 25.0 Å². The van der Waals surface area contributed by atoms with Gasteiger partial charge in [0.1, 0.15) is 0 Å². The molecular formula is C11H11Cl3N2O2. The third kappa shape index (κ3) is 3.28. The van der Waals surface area contributed by atoms with Crippen LogP contribution < -0.4 is 5.32 Å². The fourth-order valence-corrected chi connectivity index (χ4v) is 2.63. The fourth-order valence-electron chi connectivity index (χ4n) is 1.72. The molecule has 0 bridgehead atoms. The molecule has 0 aliphatic carbocycles. The lowest BCUT2D eigenvalue weighted by Crippen LogP contribution is -2.53. The van der Waals surface area contributed by atoms with Crippen LogP contribution >= 0.6 is 34.8 Å². The zero-order valence-corrected chi connectivity index (χ0v) is 11.6. The first-order chi connectivity index (χ1) is 8.45. The predicted octanol–water partition coefficient (Wildman–Crippen LogP) is 2.26. The number of hydrogen-bond donors (Lipinski definition) is 2. The van der Waals surface area contributed by atoms with Gasteiger partial charge >= 0.3 is 0 Å². The quantitative estimate of drug-likeness (QED) is 0.900. The molecular weight excluding hydrogens is 298 g/mol. The van der Waals surface area contributed by atoms with Crippen molar-refractivity contribution in [2.24, 2.45) is 0 Å². The predicted molar refractivity (Wildman–Crippen MR) is 72.5 cm³/mol. The van der Waals surface area contributed by atoms with Crippen LogP contribution in [0.1, 0.15) is 0 Å². The third-order valence-corrected chi connectivity index (χ3v) is 3.39. The van der Waals surface area contributed by atoms with Gasteiger partial charge in [-0.05, 0) is 12.1 Å². The Hall–Kier alpha value is -0.520. The van der Waals surface area contributed by atoms with Gasteiger partial charge in [-0.15, -0.1) is 0 Å². The van der Waals surface area contributed by atoms with Gasteiger partial charge in [0.2, 0.25) is 5.91 Å². The maximum atomic E-state index is 11.7. The van der Waals surface area contributed by atoms with E-state index in [1.165, 1.54) is 12.1 Å². The van der Waals surface area contributed by atoms with Crippen molar-refractivity contribution >= 4 is 46.4 Å². The van der Waals surface area contributed by atoms with Crippen molar-refractivity contribution in [3.8, 4) is 0 Å². The van der Waals surface area contributed by atoms with Gasteiger partial charge in [-0.3, -0.25) is 9.69 Å². The van der Waals surface area contributed by atoms with Crippen molar-refractivity contribution in [1.82, 2.24) is 4.90 Å². The van der Waals surface area contributed by atoms with Gasteiger partial charge in [-0.2, -0.15) is 0 Å². The zero-order valence-electron chi connectivity index (χ0n) is 9.29. The van der Waals surface area contributed by atoms with E-state index < -0.39 is 0 Å². The molecule has 1 heterocycles. The molecule has 4 nitrogen and oxygen atoms in total. The summed E-state index contributed by atoms with van der Waals surface area (Å²) in [4.78, 5) is 13.5. The minimum absolute atomic E-state index is 0.201. The van der Waals surface area contributed by atoms with E-state index >= 15 is 0 Å². The Morgan fingerprint density at radius 2 is 1.89 bits per heavy atom. The van der Waals surface area contributed by atoms with Crippen LogP contribution in [0.5, 0.6) is 0 Å². The summed E-state index contributed by atoms with van der Waals surface area (Å²) < 4.78 is 0. The Bertz CT molecular complexity index is 452. The van der Waals surface area contributed by atoms with Crippen LogP contribution in [0.15, 0.2) is 12.1 Å². The van der Waals surface area contributed by atoms with E-state index in [0.29, 0.717) is 33.8 Å². The summed E-state index contributed by atoms with van der Waals surface area (Å²) in [5.74, 6) is -0.229. The average molecular weight is 310 g/mol. The first-order valence-corrected chi connectivity index (χ1v) is 6.44. The normalized spacial score (nSPS) is 16.4. The molecule has 0 radical (unpaired) electrons. The van der Waals surface area contributed by atoms with Gasteiger partial charge < -0.3 is 10.4 Å². The summed E-state index contributed by atoms with van der Waals surface area (Å²) in [5.41, 5.74) is 0.355. The Morgan fingerprint density at radius 3 is 2.39 bits per heavy atom. The Balaban J connectivity index is 1.98. The highest BCUT2D eigenvalue weighted by atomic mass is 35.5. The SMILES string of the molecule is O=C(CN1CC(O)C1)Nc1c(Cl)cc(Cl)cc1Cl. The lowest BCUT2D eigenvalue weighted by atomic mass is 10.2. The number of nitrogens with one attached hydrogen (secondary N) is 1. The van der Waals surface area contributed by atoms with Gasteiger partial charge in [-0.1, -0.05) is 34.8 Å². The number of carbonyl (C=O) groups excluding carboxylic acids is 1. The summed E-state index contributed by atoms with van der Waals surface area (Å²) in [6.07, 6.45) is -0.333. The van der Waals surface area contributed by atoms with E-state index in [9.17, 15) is 4.79 Å². The standard InChI is InChI=1S/C11H11Cl3N2O2/c12-6-1-8(13)11(9(14)2-6)15-10(18)5-16-3-7(17)4-16/h1-2,7,17H,3-5H2,(H,15,18). The van der Waals surface area contributed by atoms with E-state index in [-0.39, 0.29) is 18.6 Å². The van der Waals surface area contributed by atoms with Crippen LogP contribution in [0.3, 0.4) is 0 Å². The molecule has 0 aromatic heterocycles. The third-order valence-electron chi connectivity index (χ3n) is 2.58. The molecule has 2 rings (SSSR count). The molecule has 1 aliphatic heterocycles. The number of carbonyl (C=O) groups is 1. The van der Waals surface area contributed by atoms with Crippen LogP contribution in [-0.4, -0.2) is 41.7 Å². The second-order valence-corrected chi connectivity index (χ2v) is 5.39. The van der Waals surface area contributed by atoms with E-state index in [1.54, 1.807) is 0 Å². The summed E-state index contributed by atoms with van der Waals surface area (Å²) in [7, 11) is 0. The highest BCUT2D eigenvalue weighted by Gasteiger charge is 2.26. The van der Waals surface area contributed by atoms with Crippen molar-refractivity contribution < 1.29 is 9.90 Å². The lowest BCUT2D eigenvalue weighted by molar-refractivity contribution is -0.119. The molecule has 0 spiro atoms. The number of β-amino-alcohol motifs (C(OH)–C–C–N with tert-alkyl or cyclic N) is 1. The molecule has 0 unspecified atom stereocenters. The van der Waals surface area contributed by atoms with E-state index in [4.69, 9.17) is 39.9 Å². The summed E-state index contributed by atoms with van der Waals surface area (Å²) in [5, 5.41) is 12.7. The maximum Gasteiger partial charge on any atom is 0.238 e. The molecule has 1 aromatic rings. The minimum Gasteiger partial charge on any atom is -0.390 e. The smallest absolute Gasteiger partial charge is 0.238 e. The molecule has 1 aromatic carbocycles. The number of anilines is 1. The van der Waals surface area contributed by atoms with Crippen LogP contribution in [-0.2, 0) is 4.79 Å². The number of aliphatic hydroxyl groups excluding tert-OH is 1. The van der Waals surface area contributed by atoms with Crippen molar-refractivity contribution in [2.45, 2.75) is 6.10 Å². The summed E-state index contributed by atoms with van der Waals surface area (Å²) in [6, 6.07) is 3.02. The number of nitrogens with zero attached hydrogens (tertiary/aromatic N) is 1. The number of halogens is 3. The number of rotatable bonds is 3. The van der Waals surface area contributed by atoms with Crippen LogP contribution in [0.4, 0.5) is 5.69 Å². The highest BCUT2D eigenvalue weighted by Crippen LogP contribution is 2.33. The first-order valence-electron chi connectivity index (χ1n) is 5.30. The Labute approximate surface area is 119 Å². The topological polar surface area (TPSA) is 52.6 Å². The van der Waals surface area contributed by atoms with Crippen LogP contribution in [0.25, 0.3) is 0 Å². The molecule has 0 saturated carbocycles. The van der Waals surface area contributed by atoms with Crippen molar-refractivity contribution in [1.29, 1.82) is 0 Å².